The number of carbonyl (C=O) groups is 2. The molecule has 0 heterocycles. The topological polar surface area (TPSA) is 46.2 Å². The SMILES string of the molecule is CC(=O)N[C@H]1C[C@H](C(C)=O)C1. The van der Waals surface area contributed by atoms with E-state index >= 15 is 0 Å². The summed E-state index contributed by atoms with van der Waals surface area (Å²) in [6, 6.07) is 0.251. The largest absolute Gasteiger partial charge is 0.354 e. The maximum absolute atomic E-state index is 10.7. The molecule has 3 heteroatoms. The number of carbonyl (C=O) groups excluding carboxylic acids is 2. The Morgan fingerprint density at radius 2 is 1.82 bits per heavy atom. The molecule has 3 nitrogen and oxygen atoms in total. The summed E-state index contributed by atoms with van der Waals surface area (Å²) in [5.74, 6) is 0.440. The van der Waals surface area contributed by atoms with E-state index in [-0.39, 0.29) is 23.7 Å². The highest BCUT2D eigenvalue weighted by Crippen LogP contribution is 2.27. The Hall–Kier alpha value is -0.860. The third-order valence-corrected chi connectivity index (χ3v) is 2.12. The Kier molecular flexibility index (Phi) is 2.27. The molecule has 1 aliphatic carbocycles. The zero-order valence-corrected chi connectivity index (χ0v) is 6.89. The van der Waals surface area contributed by atoms with Crippen LogP contribution in [0.15, 0.2) is 0 Å². The van der Waals surface area contributed by atoms with Gasteiger partial charge in [-0.25, -0.2) is 0 Å². The average molecular weight is 155 g/mol. The first kappa shape index (κ1) is 8.24. The van der Waals surface area contributed by atoms with Gasteiger partial charge in [0.1, 0.15) is 5.78 Å². The van der Waals surface area contributed by atoms with E-state index in [2.05, 4.69) is 5.32 Å². The minimum Gasteiger partial charge on any atom is -0.354 e. The number of nitrogens with one attached hydrogen (secondary N) is 1. The van der Waals surface area contributed by atoms with Crippen LogP contribution in [0.3, 0.4) is 0 Å². The quantitative estimate of drug-likeness (QED) is 0.630. The molecule has 0 saturated heterocycles. The molecule has 11 heavy (non-hydrogen) atoms. The number of rotatable bonds is 2. The molecule has 1 rings (SSSR count). The van der Waals surface area contributed by atoms with Crippen LogP contribution in [0.4, 0.5) is 0 Å². The van der Waals surface area contributed by atoms with Crippen molar-refractivity contribution in [2.45, 2.75) is 32.7 Å². The van der Waals surface area contributed by atoms with Crippen molar-refractivity contribution in [1.29, 1.82) is 0 Å². The fraction of sp³-hybridized carbons (Fsp3) is 0.750. The van der Waals surface area contributed by atoms with Crippen molar-refractivity contribution in [3.05, 3.63) is 0 Å². The monoisotopic (exact) mass is 155 g/mol. The van der Waals surface area contributed by atoms with Crippen LogP contribution in [0.2, 0.25) is 0 Å². The highest BCUT2D eigenvalue weighted by Gasteiger charge is 2.32. The minimum absolute atomic E-state index is 0.00278. The van der Waals surface area contributed by atoms with Crippen molar-refractivity contribution in [3.63, 3.8) is 0 Å². The second-order valence-electron chi connectivity index (χ2n) is 3.18. The molecule has 0 unspecified atom stereocenters. The van der Waals surface area contributed by atoms with Gasteiger partial charge >= 0.3 is 0 Å². The summed E-state index contributed by atoms with van der Waals surface area (Å²) in [5, 5.41) is 2.77. The lowest BCUT2D eigenvalue weighted by atomic mass is 9.78. The molecule has 0 bridgehead atoms. The van der Waals surface area contributed by atoms with Gasteiger partial charge in [-0.2, -0.15) is 0 Å². The normalized spacial score (nSPS) is 28.9. The molecule has 0 aromatic carbocycles. The predicted molar refractivity (Wildman–Crippen MR) is 41.0 cm³/mol. The van der Waals surface area contributed by atoms with Gasteiger partial charge in [0.15, 0.2) is 0 Å². The molecule has 62 valence electrons. The fourth-order valence-electron chi connectivity index (χ4n) is 1.36. The second kappa shape index (κ2) is 3.03. The van der Waals surface area contributed by atoms with Crippen molar-refractivity contribution in [2.75, 3.05) is 0 Å². The summed E-state index contributed by atoms with van der Waals surface area (Å²) in [7, 11) is 0. The number of ketones is 1. The van der Waals surface area contributed by atoms with E-state index in [1.165, 1.54) is 6.92 Å². The molecule has 0 atom stereocenters. The first-order chi connectivity index (χ1) is 5.09. The second-order valence-corrected chi connectivity index (χ2v) is 3.18. The summed E-state index contributed by atoms with van der Waals surface area (Å²) in [6.45, 7) is 3.11. The molecule has 0 spiro atoms. The standard InChI is InChI=1S/C8H13NO2/c1-5(10)7-3-8(4-7)9-6(2)11/h7-8H,3-4H2,1-2H3,(H,9,11)/t7-,8-. The van der Waals surface area contributed by atoms with E-state index in [1.807, 2.05) is 0 Å². The summed E-state index contributed by atoms with van der Waals surface area (Å²) in [4.78, 5) is 21.3. The predicted octanol–water partition coefficient (Wildman–Crippen LogP) is 0.490. The first-order valence-electron chi connectivity index (χ1n) is 3.87. The minimum atomic E-state index is -0.00278. The third kappa shape index (κ3) is 2.03. The molecule has 0 aromatic heterocycles. The van der Waals surface area contributed by atoms with Gasteiger partial charge in [-0.15, -0.1) is 0 Å². The molecular weight excluding hydrogens is 142 g/mol. The van der Waals surface area contributed by atoms with Gasteiger partial charge in [-0.3, -0.25) is 9.59 Å². The molecule has 1 saturated carbocycles. The highest BCUT2D eigenvalue weighted by molar-refractivity contribution is 5.80. The van der Waals surface area contributed by atoms with Gasteiger partial charge in [0.25, 0.3) is 0 Å². The van der Waals surface area contributed by atoms with Crippen molar-refractivity contribution >= 4 is 11.7 Å². The van der Waals surface area contributed by atoms with E-state index in [1.54, 1.807) is 6.92 Å². The zero-order valence-electron chi connectivity index (χ0n) is 6.89. The van der Waals surface area contributed by atoms with Gasteiger partial charge in [-0.1, -0.05) is 0 Å². The lowest BCUT2D eigenvalue weighted by Gasteiger charge is -2.33. The molecule has 1 amide bonds. The lowest BCUT2D eigenvalue weighted by Crippen LogP contribution is -2.45. The van der Waals surface area contributed by atoms with E-state index in [0.29, 0.717) is 0 Å². The van der Waals surface area contributed by atoms with Crippen LogP contribution in [0.1, 0.15) is 26.7 Å². The summed E-state index contributed by atoms with van der Waals surface area (Å²) >= 11 is 0. The Bertz CT molecular complexity index is 183. The third-order valence-electron chi connectivity index (χ3n) is 2.12. The first-order valence-corrected chi connectivity index (χ1v) is 3.87. The molecule has 0 aromatic rings. The number of hydrogen-bond donors (Lipinski definition) is 1. The van der Waals surface area contributed by atoms with E-state index < -0.39 is 0 Å². The number of amides is 1. The van der Waals surface area contributed by atoms with Crippen molar-refractivity contribution < 1.29 is 9.59 Å². The van der Waals surface area contributed by atoms with Crippen LogP contribution >= 0.6 is 0 Å². The Balaban J connectivity index is 2.19. The van der Waals surface area contributed by atoms with Crippen LogP contribution in [0, 0.1) is 5.92 Å². The molecule has 1 fully saturated rings. The van der Waals surface area contributed by atoms with Crippen molar-refractivity contribution in [1.82, 2.24) is 5.32 Å². The Morgan fingerprint density at radius 1 is 1.27 bits per heavy atom. The van der Waals surface area contributed by atoms with Crippen LogP contribution in [-0.4, -0.2) is 17.7 Å². The van der Waals surface area contributed by atoms with Gasteiger partial charge in [0, 0.05) is 18.9 Å². The van der Waals surface area contributed by atoms with E-state index in [9.17, 15) is 9.59 Å². The molecule has 0 aliphatic heterocycles. The van der Waals surface area contributed by atoms with Crippen LogP contribution in [0.25, 0.3) is 0 Å². The zero-order chi connectivity index (χ0) is 8.43. The summed E-state index contributed by atoms with van der Waals surface area (Å²) in [5.41, 5.74) is 0. The van der Waals surface area contributed by atoms with Gasteiger partial charge < -0.3 is 5.32 Å². The fourth-order valence-corrected chi connectivity index (χ4v) is 1.36. The average Bonchev–Trinajstić information content (AvgIpc) is 1.75. The van der Waals surface area contributed by atoms with E-state index in [0.717, 1.165) is 12.8 Å². The molecule has 1 N–H and O–H groups in total. The van der Waals surface area contributed by atoms with Gasteiger partial charge in [0.05, 0.1) is 0 Å². The van der Waals surface area contributed by atoms with Crippen molar-refractivity contribution in [3.8, 4) is 0 Å². The number of hydrogen-bond acceptors (Lipinski definition) is 2. The molecule has 0 radical (unpaired) electrons. The maximum atomic E-state index is 10.7. The van der Waals surface area contributed by atoms with Crippen LogP contribution < -0.4 is 5.32 Å². The number of Topliss-reactive ketones (excluding diaryl/α,β-unsaturated/α-hetero) is 1. The van der Waals surface area contributed by atoms with Crippen LogP contribution in [0.5, 0.6) is 0 Å². The van der Waals surface area contributed by atoms with Gasteiger partial charge in [-0.05, 0) is 19.8 Å². The summed E-state index contributed by atoms with van der Waals surface area (Å²) < 4.78 is 0. The Morgan fingerprint density at radius 3 is 2.18 bits per heavy atom. The van der Waals surface area contributed by atoms with E-state index in [4.69, 9.17) is 0 Å². The van der Waals surface area contributed by atoms with Crippen molar-refractivity contribution in [2.24, 2.45) is 5.92 Å². The van der Waals surface area contributed by atoms with Gasteiger partial charge in [0.2, 0.25) is 5.91 Å². The maximum Gasteiger partial charge on any atom is 0.217 e. The lowest BCUT2D eigenvalue weighted by molar-refractivity contribution is -0.126. The molecule has 1 aliphatic rings. The Labute approximate surface area is 66.2 Å². The molecular formula is C8H13NO2. The van der Waals surface area contributed by atoms with Crippen LogP contribution in [-0.2, 0) is 9.59 Å². The summed E-state index contributed by atoms with van der Waals surface area (Å²) in [6.07, 6.45) is 1.66. The highest BCUT2D eigenvalue weighted by atomic mass is 16.1. The smallest absolute Gasteiger partial charge is 0.217 e.